The molecule has 0 aliphatic carbocycles. The second kappa shape index (κ2) is 5.11. The summed E-state index contributed by atoms with van der Waals surface area (Å²) in [5.41, 5.74) is 11.0. The van der Waals surface area contributed by atoms with Crippen LogP contribution in [0.2, 0.25) is 0 Å². The predicted octanol–water partition coefficient (Wildman–Crippen LogP) is -0.0580. The predicted molar refractivity (Wildman–Crippen MR) is 57.3 cm³/mol. The first kappa shape index (κ1) is 12.0. The van der Waals surface area contributed by atoms with E-state index in [2.05, 4.69) is 4.98 Å². The summed E-state index contributed by atoms with van der Waals surface area (Å²) in [6.07, 6.45) is 1.36. The lowest BCUT2D eigenvalue weighted by Crippen LogP contribution is -2.26. The molecule has 0 radical (unpaired) electrons. The second-order valence-corrected chi connectivity index (χ2v) is 3.38. The lowest BCUT2D eigenvalue weighted by molar-refractivity contribution is -0.122. The molecular formula is C10H13N3O3. The zero-order chi connectivity index (χ0) is 12.1. The van der Waals surface area contributed by atoms with Crippen LogP contribution >= 0.6 is 0 Å². The maximum Gasteiger partial charge on any atom is 0.356 e. The molecule has 0 fully saturated rings. The first-order chi connectivity index (χ1) is 7.50. The minimum absolute atomic E-state index is 0.0553. The van der Waals surface area contributed by atoms with Crippen LogP contribution in [0.4, 0.5) is 5.69 Å². The van der Waals surface area contributed by atoms with Crippen LogP contribution < -0.4 is 11.5 Å². The lowest BCUT2D eigenvalue weighted by Gasteiger charge is -2.07. The summed E-state index contributed by atoms with van der Waals surface area (Å²) in [7, 11) is 0. The zero-order valence-electron chi connectivity index (χ0n) is 8.84. The second-order valence-electron chi connectivity index (χ2n) is 3.38. The lowest BCUT2D eigenvalue weighted by atomic mass is 10.2. The normalized spacial score (nSPS) is 11.8. The van der Waals surface area contributed by atoms with Gasteiger partial charge < -0.3 is 16.2 Å². The molecule has 16 heavy (non-hydrogen) atoms. The SMILES string of the molecule is CC(COC(=O)c1ccc(N)cn1)C(N)=O. The van der Waals surface area contributed by atoms with E-state index in [4.69, 9.17) is 16.2 Å². The zero-order valence-corrected chi connectivity index (χ0v) is 8.84. The number of carbonyl (C=O) groups excluding carboxylic acids is 2. The first-order valence-corrected chi connectivity index (χ1v) is 4.68. The average molecular weight is 223 g/mol. The molecule has 1 aromatic heterocycles. The minimum Gasteiger partial charge on any atom is -0.460 e. The molecule has 1 heterocycles. The number of aromatic nitrogens is 1. The molecule has 1 unspecified atom stereocenters. The van der Waals surface area contributed by atoms with Crippen molar-refractivity contribution >= 4 is 17.6 Å². The van der Waals surface area contributed by atoms with Crippen molar-refractivity contribution < 1.29 is 14.3 Å². The summed E-state index contributed by atoms with van der Waals surface area (Å²) >= 11 is 0. The molecule has 1 atom stereocenters. The summed E-state index contributed by atoms with van der Waals surface area (Å²) in [5.74, 6) is -1.64. The number of primary amides is 1. The van der Waals surface area contributed by atoms with E-state index < -0.39 is 17.8 Å². The van der Waals surface area contributed by atoms with Gasteiger partial charge in [-0.1, -0.05) is 6.92 Å². The number of ether oxygens (including phenoxy) is 1. The van der Waals surface area contributed by atoms with E-state index >= 15 is 0 Å². The van der Waals surface area contributed by atoms with E-state index in [1.54, 1.807) is 13.0 Å². The largest absolute Gasteiger partial charge is 0.460 e. The van der Waals surface area contributed by atoms with Crippen LogP contribution in [-0.2, 0) is 9.53 Å². The van der Waals surface area contributed by atoms with Crippen molar-refractivity contribution in [3.8, 4) is 0 Å². The third-order valence-electron chi connectivity index (χ3n) is 1.95. The molecule has 0 aromatic carbocycles. The molecule has 1 amide bonds. The molecule has 6 heteroatoms. The van der Waals surface area contributed by atoms with Crippen molar-refractivity contribution in [2.45, 2.75) is 6.92 Å². The van der Waals surface area contributed by atoms with Crippen LogP contribution in [0.3, 0.4) is 0 Å². The fourth-order valence-electron chi connectivity index (χ4n) is 0.883. The summed E-state index contributed by atoms with van der Waals surface area (Å²) in [4.78, 5) is 25.9. The number of hydrogen-bond acceptors (Lipinski definition) is 5. The summed E-state index contributed by atoms with van der Waals surface area (Å²) in [6.45, 7) is 1.52. The molecule has 0 aliphatic heterocycles. The van der Waals surface area contributed by atoms with Gasteiger partial charge in [-0.25, -0.2) is 9.78 Å². The van der Waals surface area contributed by atoms with Gasteiger partial charge >= 0.3 is 5.97 Å². The highest BCUT2D eigenvalue weighted by atomic mass is 16.5. The Morgan fingerprint density at radius 2 is 2.19 bits per heavy atom. The quantitative estimate of drug-likeness (QED) is 0.695. The van der Waals surface area contributed by atoms with Gasteiger partial charge in [-0.15, -0.1) is 0 Å². The van der Waals surface area contributed by atoms with Crippen LogP contribution in [0, 0.1) is 5.92 Å². The Hall–Kier alpha value is -2.11. The smallest absolute Gasteiger partial charge is 0.356 e. The van der Waals surface area contributed by atoms with E-state index in [-0.39, 0.29) is 12.3 Å². The third kappa shape index (κ3) is 3.23. The van der Waals surface area contributed by atoms with Crippen molar-refractivity contribution in [3.05, 3.63) is 24.0 Å². The number of carbonyl (C=O) groups is 2. The van der Waals surface area contributed by atoms with Crippen molar-refractivity contribution in [3.63, 3.8) is 0 Å². The number of anilines is 1. The number of nitrogen functional groups attached to an aromatic ring is 1. The Labute approximate surface area is 92.6 Å². The topological polar surface area (TPSA) is 108 Å². The van der Waals surface area contributed by atoms with Gasteiger partial charge in [-0.3, -0.25) is 4.79 Å². The number of rotatable bonds is 4. The number of hydrogen-bond donors (Lipinski definition) is 2. The number of nitrogens with two attached hydrogens (primary N) is 2. The van der Waals surface area contributed by atoms with E-state index in [0.29, 0.717) is 5.69 Å². The van der Waals surface area contributed by atoms with Gasteiger partial charge in [0.15, 0.2) is 0 Å². The highest BCUT2D eigenvalue weighted by molar-refractivity contribution is 5.87. The molecule has 86 valence electrons. The summed E-state index contributed by atoms with van der Waals surface area (Å²) in [6, 6.07) is 2.99. The average Bonchev–Trinajstić information content (AvgIpc) is 2.26. The highest BCUT2D eigenvalue weighted by Gasteiger charge is 2.14. The fourth-order valence-corrected chi connectivity index (χ4v) is 0.883. The van der Waals surface area contributed by atoms with E-state index in [9.17, 15) is 9.59 Å². The molecule has 0 saturated carbocycles. The molecule has 0 saturated heterocycles. The van der Waals surface area contributed by atoms with Gasteiger partial charge in [0.25, 0.3) is 0 Å². The maximum atomic E-state index is 11.4. The van der Waals surface area contributed by atoms with E-state index in [0.717, 1.165) is 0 Å². The number of esters is 1. The van der Waals surface area contributed by atoms with Crippen LogP contribution in [-0.4, -0.2) is 23.5 Å². The standard InChI is InChI=1S/C10H13N3O3/c1-6(9(12)14)5-16-10(15)8-3-2-7(11)4-13-8/h2-4,6H,5,11H2,1H3,(H2,12,14). The van der Waals surface area contributed by atoms with E-state index in [1.165, 1.54) is 12.3 Å². The van der Waals surface area contributed by atoms with Gasteiger partial charge in [-0.05, 0) is 12.1 Å². The van der Waals surface area contributed by atoms with Gasteiger partial charge in [0.2, 0.25) is 5.91 Å². The number of amides is 1. The Morgan fingerprint density at radius 1 is 1.50 bits per heavy atom. The molecule has 0 spiro atoms. The molecule has 0 aliphatic rings. The van der Waals surface area contributed by atoms with Gasteiger partial charge in [0, 0.05) is 0 Å². The molecule has 1 rings (SSSR count). The Kier molecular flexibility index (Phi) is 3.82. The van der Waals surface area contributed by atoms with Gasteiger partial charge in [0.05, 0.1) is 17.8 Å². The number of nitrogens with zero attached hydrogens (tertiary/aromatic N) is 1. The van der Waals surface area contributed by atoms with Crippen LogP contribution in [0.1, 0.15) is 17.4 Å². The van der Waals surface area contributed by atoms with Crippen LogP contribution in [0.15, 0.2) is 18.3 Å². The summed E-state index contributed by atoms with van der Waals surface area (Å²) < 4.78 is 4.85. The van der Waals surface area contributed by atoms with Crippen molar-refractivity contribution in [2.24, 2.45) is 11.7 Å². The number of pyridine rings is 1. The van der Waals surface area contributed by atoms with E-state index in [1.807, 2.05) is 0 Å². The third-order valence-corrected chi connectivity index (χ3v) is 1.95. The van der Waals surface area contributed by atoms with Crippen LogP contribution in [0.5, 0.6) is 0 Å². The Morgan fingerprint density at radius 3 is 2.69 bits per heavy atom. The Balaban J connectivity index is 2.53. The molecule has 6 nitrogen and oxygen atoms in total. The molecular weight excluding hydrogens is 210 g/mol. The molecule has 1 aromatic rings. The first-order valence-electron chi connectivity index (χ1n) is 4.68. The molecule has 0 bridgehead atoms. The van der Waals surface area contributed by atoms with Gasteiger partial charge in [0.1, 0.15) is 12.3 Å². The van der Waals surface area contributed by atoms with Crippen molar-refractivity contribution in [1.29, 1.82) is 0 Å². The summed E-state index contributed by atoms with van der Waals surface area (Å²) in [5, 5.41) is 0. The fraction of sp³-hybridized carbons (Fsp3) is 0.300. The van der Waals surface area contributed by atoms with Crippen LogP contribution in [0.25, 0.3) is 0 Å². The van der Waals surface area contributed by atoms with Crippen molar-refractivity contribution in [2.75, 3.05) is 12.3 Å². The molecule has 4 N–H and O–H groups in total. The highest BCUT2D eigenvalue weighted by Crippen LogP contribution is 2.04. The van der Waals surface area contributed by atoms with Crippen molar-refractivity contribution in [1.82, 2.24) is 4.98 Å². The minimum atomic E-state index is -0.604. The maximum absolute atomic E-state index is 11.4. The van der Waals surface area contributed by atoms with Gasteiger partial charge in [-0.2, -0.15) is 0 Å². The monoisotopic (exact) mass is 223 g/mol. The Bertz CT molecular complexity index is 389.